The van der Waals surface area contributed by atoms with E-state index in [-0.39, 0.29) is 29.5 Å². The summed E-state index contributed by atoms with van der Waals surface area (Å²) in [6, 6.07) is 16.0. The standard InChI is InChI=1S/C28H35N3O5S2/c1-5-31(38(34,35)25-17-10-9-15-23(25)28(33)36-4)19-18-29-24-16-11-12-21(2)30(3)27(32)26(24)37-20-22-13-7-6-8-14-22/h6-10,12-15,17,29H,5,11,16,18-20H2,1-4H3/b21-12+,26-24-. The molecule has 204 valence electrons. The van der Waals surface area contributed by atoms with E-state index in [9.17, 15) is 18.0 Å². The highest BCUT2D eigenvalue weighted by Crippen LogP contribution is 2.30. The minimum absolute atomic E-state index is 0.000440. The number of methoxy groups -OCH3 is 1. The number of nitrogens with one attached hydrogen (secondary N) is 1. The molecule has 0 saturated carbocycles. The van der Waals surface area contributed by atoms with Gasteiger partial charge in [0.05, 0.1) is 22.5 Å². The topological polar surface area (TPSA) is 96.0 Å². The molecule has 8 nitrogen and oxygen atoms in total. The van der Waals surface area contributed by atoms with Gasteiger partial charge in [0.25, 0.3) is 5.91 Å². The van der Waals surface area contributed by atoms with Crippen LogP contribution in [0.25, 0.3) is 0 Å². The van der Waals surface area contributed by atoms with Gasteiger partial charge in [-0.25, -0.2) is 13.2 Å². The Labute approximate surface area is 229 Å². The molecule has 0 unspecified atom stereocenters. The van der Waals surface area contributed by atoms with Gasteiger partial charge >= 0.3 is 5.97 Å². The Morgan fingerprint density at radius 1 is 1.13 bits per heavy atom. The lowest BCUT2D eigenvalue weighted by Gasteiger charge is -2.26. The van der Waals surface area contributed by atoms with E-state index in [0.717, 1.165) is 23.4 Å². The van der Waals surface area contributed by atoms with Gasteiger partial charge in [-0.2, -0.15) is 4.31 Å². The molecule has 2 aromatic carbocycles. The Balaban J connectivity index is 1.81. The lowest BCUT2D eigenvalue weighted by Crippen LogP contribution is -2.38. The lowest BCUT2D eigenvalue weighted by atomic mass is 10.1. The number of hydrogen-bond acceptors (Lipinski definition) is 7. The highest BCUT2D eigenvalue weighted by atomic mass is 32.2. The third-order valence-corrected chi connectivity index (χ3v) is 9.54. The Morgan fingerprint density at radius 2 is 1.82 bits per heavy atom. The summed E-state index contributed by atoms with van der Waals surface area (Å²) in [6.07, 6.45) is 3.42. The molecule has 38 heavy (non-hydrogen) atoms. The Kier molecular flexibility index (Phi) is 10.6. The van der Waals surface area contributed by atoms with E-state index in [1.54, 1.807) is 31.0 Å². The fourth-order valence-electron chi connectivity index (χ4n) is 4.05. The third kappa shape index (κ3) is 7.06. The summed E-state index contributed by atoms with van der Waals surface area (Å²) >= 11 is 1.49. The molecule has 10 heteroatoms. The van der Waals surface area contributed by atoms with Crippen molar-refractivity contribution in [2.75, 3.05) is 33.8 Å². The quantitative estimate of drug-likeness (QED) is 0.410. The molecule has 3 rings (SSSR count). The van der Waals surface area contributed by atoms with Crippen LogP contribution in [0, 0.1) is 0 Å². The number of rotatable bonds is 11. The molecule has 0 fully saturated rings. The number of esters is 1. The smallest absolute Gasteiger partial charge is 0.339 e. The van der Waals surface area contributed by atoms with Crippen molar-refractivity contribution in [3.63, 3.8) is 0 Å². The second-order valence-corrected chi connectivity index (χ2v) is 11.6. The van der Waals surface area contributed by atoms with Crippen molar-refractivity contribution < 1.29 is 22.7 Å². The number of carbonyl (C=O) groups excluding carboxylic acids is 2. The Bertz CT molecular complexity index is 1310. The van der Waals surface area contributed by atoms with E-state index in [2.05, 4.69) is 5.32 Å². The van der Waals surface area contributed by atoms with Gasteiger partial charge in [0.2, 0.25) is 10.0 Å². The van der Waals surface area contributed by atoms with Crippen LogP contribution < -0.4 is 5.32 Å². The number of nitrogens with zero attached hydrogens (tertiary/aromatic N) is 2. The number of amides is 1. The molecule has 0 saturated heterocycles. The number of allylic oxidation sites excluding steroid dienone is 3. The molecule has 0 aliphatic carbocycles. The first kappa shape index (κ1) is 29.5. The predicted octanol–water partition coefficient (Wildman–Crippen LogP) is 4.37. The number of carbonyl (C=O) groups is 2. The zero-order chi connectivity index (χ0) is 27.7. The number of ether oxygens (including phenoxy) is 1. The molecule has 1 amide bonds. The molecular weight excluding hydrogens is 522 g/mol. The van der Waals surface area contributed by atoms with E-state index in [1.807, 2.05) is 43.3 Å². The average molecular weight is 558 g/mol. The zero-order valence-electron chi connectivity index (χ0n) is 22.3. The van der Waals surface area contributed by atoms with E-state index in [1.165, 1.54) is 35.3 Å². The van der Waals surface area contributed by atoms with E-state index in [0.29, 0.717) is 23.6 Å². The fraction of sp³-hybridized carbons (Fsp3) is 0.357. The van der Waals surface area contributed by atoms with Crippen LogP contribution >= 0.6 is 11.8 Å². The summed E-state index contributed by atoms with van der Waals surface area (Å²) in [7, 11) is -0.964. The van der Waals surface area contributed by atoms with Crippen LogP contribution in [0.15, 0.2) is 81.9 Å². The van der Waals surface area contributed by atoms with E-state index < -0.39 is 16.0 Å². The average Bonchev–Trinajstić information content (AvgIpc) is 2.93. The first-order chi connectivity index (χ1) is 18.2. The summed E-state index contributed by atoms with van der Waals surface area (Å²) in [5.74, 6) is -0.151. The van der Waals surface area contributed by atoms with Gasteiger partial charge < -0.3 is 15.0 Å². The van der Waals surface area contributed by atoms with Crippen molar-refractivity contribution in [1.29, 1.82) is 0 Å². The number of thioether (sulfide) groups is 1. The molecule has 2 aromatic rings. The largest absolute Gasteiger partial charge is 0.465 e. The van der Waals surface area contributed by atoms with Crippen LogP contribution in [-0.4, -0.2) is 63.3 Å². The number of sulfonamides is 1. The summed E-state index contributed by atoms with van der Waals surface area (Å²) in [5.41, 5.74) is 2.82. The van der Waals surface area contributed by atoms with Gasteiger partial charge in [0, 0.05) is 43.8 Å². The maximum Gasteiger partial charge on any atom is 0.339 e. The lowest BCUT2D eigenvalue weighted by molar-refractivity contribution is -0.123. The van der Waals surface area contributed by atoms with Crippen molar-refractivity contribution in [1.82, 2.24) is 14.5 Å². The SMILES string of the molecule is CCN(CCN/C1=C(\SCc2ccccc2)C(=O)N(C)/C(C)=C/CC1)S(=O)(=O)c1ccccc1C(=O)OC. The zero-order valence-corrected chi connectivity index (χ0v) is 23.9. The van der Waals surface area contributed by atoms with Crippen LogP contribution in [0.4, 0.5) is 0 Å². The minimum atomic E-state index is -3.95. The molecule has 1 aliphatic heterocycles. The summed E-state index contributed by atoms with van der Waals surface area (Å²) in [4.78, 5) is 27.8. The minimum Gasteiger partial charge on any atom is -0.465 e. The van der Waals surface area contributed by atoms with Gasteiger partial charge in [0.1, 0.15) is 0 Å². The summed E-state index contributed by atoms with van der Waals surface area (Å²) in [5, 5.41) is 3.36. The van der Waals surface area contributed by atoms with Gasteiger partial charge in [-0.05, 0) is 37.5 Å². The second-order valence-electron chi connectivity index (χ2n) is 8.74. The molecule has 0 bridgehead atoms. The van der Waals surface area contributed by atoms with Gasteiger partial charge in [0.15, 0.2) is 0 Å². The first-order valence-corrected chi connectivity index (χ1v) is 14.9. The van der Waals surface area contributed by atoms with Crippen molar-refractivity contribution in [3.8, 4) is 0 Å². The third-order valence-electron chi connectivity index (χ3n) is 6.32. The highest BCUT2D eigenvalue weighted by molar-refractivity contribution is 8.03. The molecule has 0 radical (unpaired) electrons. The van der Waals surface area contributed by atoms with Crippen LogP contribution in [0.1, 0.15) is 42.6 Å². The normalized spacial score (nSPS) is 18.0. The monoisotopic (exact) mass is 557 g/mol. The molecule has 1 aliphatic rings. The van der Waals surface area contributed by atoms with Crippen LogP contribution in [0.3, 0.4) is 0 Å². The molecule has 1 N–H and O–H groups in total. The van der Waals surface area contributed by atoms with Gasteiger partial charge in [-0.15, -0.1) is 11.8 Å². The highest BCUT2D eigenvalue weighted by Gasteiger charge is 2.28. The molecule has 0 aromatic heterocycles. The van der Waals surface area contributed by atoms with Crippen molar-refractivity contribution in [2.24, 2.45) is 0 Å². The van der Waals surface area contributed by atoms with Crippen molar-refractivity contribution in [3.05, 3.63) is 88.1 Å². The maximum atomic E-state index is 13.4. The van der Waals surface area contributed by atoms with E-state index in [4.69, 9.17) is 4.74 Å². The van der Waals surface area contributed by atoms with Crippen molar-refractivity contribution >= 4 is 33.7 Å². The van der Waals surface area contributed by atoms with Gasteiger partial charge in [-0.3, -0.25) is 4.79 Å². The van der Waals surface area contributed by atoms with Gasteiger partial charge in [-0.1, -0.05) is 55.5 Å². The van der Waals surface area contributed by atoms with Crippen LogP contribution in [-0.2, 0) is 25.3 Å². The molecule has 0 atom stereocenters. The Hall–Kier alpha value is -3.08. The number of likely N-dealkylation sites (N-methyl/N-ethyl adjacent to an activating group) is 2. The van der Waals surface area contributed by atoms with Crippen molar-refractivity contribution in [2.45, 2.75) is 37.3 Å². The molecule has 1 heterocycles. The maximum absolute atomic E-state index is 13.4. The van der Waals surface area contributed by atoms with Crippen LogP contribution in [0.2, 0.25) is 0 Å². The molecule has 0 spiro atoms. The first-order valence-electron chi connectivity index (χ1n) is 12.5. The molecular formula is C28H35N3O5S2. The second kappa shape index (κ2) is 13.6. The summed E-state index contributed by atoms with van der Waals surface area (Å²) < 4.78 is 33.0. The Morgan fingerprint density at radius 3 is 2.50 bits per heavy atom. The predicted molar refractivity (Wildman–Crippen MR) is 151 cm³/mol. The van der Waals surface area contributed by atoms with Crippen LogP contribution in [0.5, 0.6) is 0 Å². The number of hydrogen-bond donors (Lipinski definition) is 1. The van der Waals surface area contributed by atoms with E-state index >= 15 is 0 Å². The summed E-state index contributed by atoms with van der Waals surface area (Å²) in [6.45, 7) is 4.36. The number of benzene rings is 2. The fourth-order valence-corrected chi connectivity index (χ4v) is 6.80.